The van der Waals surface area contributed by atoms with Crippen molar-refractivity contribution in [2.24, 2.45) is 5.73 Å². The van der Waals surface area contributed by atoms with Crippen molar-refractivity contribution in [2.45, 2.75) is 31.2 Å². The molecule has 9 heteroatoms. The molecular formula is C16H16BrClN4O3. The fourth-order valence-corrected chi connectivity index (χ4v) is 3.37. The van der Waals surface area contributed by atoms with E-state index in [1.807, 2.05) is 0 Å². The number of nitrogens with two attached hydrogens (primary N) is 1. The average molecular weight is 428 g/mol. The minimum atomic E-state index is -0.483. The monoisotopic (exact) mass is 426 g/mol. The predicted molar refractivity (Wildman–Crippen MR) is 94.5 cm³/mol. The Balaban J connectivity index is 0.00000182. The highest BCUT2D eigenvalue weighted by molar-refractivity contribution is 9.10. The van der Waals surface area contributed by atoms with Gasteiger partial charge < -0.3 is 10.3 Å². The lowest BCUT2D eigenvalue weighted by Gasteiger charge is -2.34. The lowest BCUT2D eigenvalue weighted by molar-refractivity contribution is 0.0653. The quantitative estimate of drug-likeness (QED) is 0.752. The summed E-state index contributed by atoms with van der Waals surface area (Å²) in [6.45, 7) is 0.198. The summed E-state index contributed by atoms with van der Waals surface area (Å²) in [5.41, 5.74) is 6.51. The molecule has 1 aliphatic carbocycles. The molecule has 0 spiro atoms. The zero-order chi connectivity index (χ0) is 16.9. The van der Waals surface area contributed by atoms with Crippen LogP contribution in [0.25, 0.3) is 0 Å². The van der Waals surface area contributed by atoms with E-state index in [9.17, 15) is 9.59 Å². The van der Waals surface area contributed by atoms with E-state index in [1.165, 1.54) is 4.90 Å². The number of aromatic nitrogens is 2. The summed E-state index contributed by atoms with van der Waals surface area (Å²) in [4.78, 5) is 30.3. The molecular weight excluding hydrogens is 412 g/mol. The van der Waals surface area contributed by atoms with E-state index >= 15 is 0 Å². The van der Waals surface area contributed by atoms with Gasteiger partial charge in [0.1, 0.15) is 0 Å². The van der Waals surface area contributed by atoms with Gasteiger partial charge in [-0.2, -0.15) is 4.98 Å². The summed E-state index contributed by atoms with van der Waals surface area (Å²) in [6, 6.07) is 5.06. The van der Waals surface area contributed by atoms with Crippen molar-refractivity contribution in [3.63, 3.8) is 0 Å². The third-order valence-corrected chi connectivity index (χ3v) is 5.13. The van der Waals surface area contributed by atoms with Gasteiger partial charge in [-0.1, -0.05) is 21.1 Å². The lowest BCUT2D eigenvalue weighted by atomic mass is 9.77. The maximum absolute atomic E-state index is 12.4. The first-order valence-corrected chi connectivity index (χ1v) is 8.55. The second-order valence-electron chi connectivity index (χ2n) is 6.22. The Morgan fingerprint density at radius 3 is 2.64 bits per heavy atom. The highest BCUT2D eigenvalue weighted by atomic mass is 79.9. The van der Waals surface area contributed by atoms with Crippen LogP contribution < -0.4 is 5.73 Å². The van der Waals surface area contributed by atoms with Crippen molar-refractivity contribution in [3.05, 3.63) is 45.5 Å². The number of benzene rings is 1. The van der Waals surface area contributed by atoms with Gasteiger partial charge in [-0.25, -0.2) is 0 Å². The van der Waals surface area contributed by atoms with Crippen LogP contribution in [0.2, 0.25) is 0 Å². The van der Waals surface area contributed by atoms with E-state index in [2.05, 4.69) is 26.1 Å². The fourth-order valence-electron chi connectivity index (χ4n) is 3.01. The average Bonchev–Trinajstić information content (AvgIpc) is 3.09. The molecule has 4 rings (SSSR count). The van der Waals surface area contributed by atoms with E-state index in [0.29, 0.717) is 29.3 Å². The molecule has 25 heavy (non-hydrogen) atoms. The van der Waals surface area contributed by atoms with Crippen LogP contribution in [0, 0.1) is 0 Å². The van der Waals surface area contributed by atoms with Crippen LogP contribution in [0.5, 0.6) is 0 Å². The van der Waals surface area contributed by atoms with E-state index in [-0.39, 0.29) is 30.8 Å². The Labute approximate surface area is 158 Å². The first-order valence-electron chi connectivity index (χ1n) is 7.76. The largest absolute Gasteiger partial charge is 0.339 e. The van der Waals surface area contributed by atoms with Crippen molar-refractivity contribution in [3.8, 4) is 0 Å². The molecule has 2 heterocycles. The third-order valence-electron chi connectivity index (χ3n) is 4.64. The van der Waals surface area contributed by atoms with Crippen molar-refractivity contribution in [2.75, 3.05) is 6.54 Å². The molecule has 0 radical (unpaired) electrons. The summed E-state index contributed by atoms with van der Waals surface area (Å²) >= 11 is 3.31. The van der Waals surface area contributed by atoms with E-state index in [1.54, 1.807) is 18.2 Å². The summed E-state index contributed by atoms with van der Waals surface area (Å²) in [7, 11) is 0. The minimum Gasteiger partial charge on any atom is -0.339 e. The number of amides is 2. The van der Waals surface area contributed by atoms with E-state index < -0.39 is 5.54 Å². The maximum Gasteiger partial charge on any atom is 0.261 e. The van der Waals surface area contributed by atoms with Crippen LogP contribution in [0.1, 0.15) is 51.7 Å². The van der Waals surface area contributed by atoms with Crippen LogP contribution in [0.3, 0.4) is 0 Å². The molecule has 0 bridgehead atoms. The summed E-state index contributed by atoms with van der Waals surface area (Å²) < 4.78 is 5.98. The van der Waals surface area contributed by atoms with Gasteiger partial charge >= 0.3 is 0 Å². The number of halogens is 2. The van der Waals surface area contributed by atoms with Crippen LogP contribution in [-0.2, 0) is 12.0 Å². The molecule has 2 aliphatic rings. The molecule has 1 aliphatic heterocycles. The second kappa shape index (κ2) is 6.51. The smallest absolute Gasteiger partial charge is 0.261 e. The number of rotatable bonds is 4. The Morgan fingerprint density at radius 2 is 1.96 bits per heavy atom. The van der Waals surface area contributed by atoms with Crippen molar-refractivity contribution >= 4 is 40.2 Å². The first-order chi connectivity index (χ1) is 11.5. The predicted octanol–water partition coefficient (Wildman–Crippen LogP) is 2.43. The summed E-state index contributed by atoms with van der Waals surface area (Å²) in [6.07, 6.45) is 3.07. The van der Waals surface area contributed by atoms with Crippen LogP contribution in [-0.4, -0.2) is 33.4 Å². The molecule has 1 aromatic heterocycles. The Hall–Kier alpha value is -1.77. The Bertz CT molecular complexity index is 850. The SMILES string of the molecule is Cl.NC1(c2noc(CCN3C(=O)c4ccc(Br)cc4C3=O)n2)CCC1. The molecule has 0 atom stereocenters. The van der Waals surface area contributed by atoms with Gasteiger partial charge in [-0.05, 0) is 37.5 Å². The van der Waals surface area contributed by atoms with Gasteiger partial charge in [0, 0.05) is 17.4 Å². The third kappa shape index (κ3) is 2.98. The highest BCUT2D eigenvalue weighted by Crippen LogP contribution is 2.36. The van der Waals surface area contributed by atoms with Crippen molar-refractivity contribution in [1.29, 1.82) is 0 Å². The van der Waals surface area contributed by atoms with Gasteiger partial charge in [0.2, 0.25) is 5.89 Å². The normalized spacial score (nSPS) is 17.9. The van der Waals surface area contributed by atoms with Crippen LogP contribution in [0.4, 0.5) is 0 Å². The molecule has 0 unspecified atom stereocenters. The number of hydrogen-bond acceptors (Lipinski definition) is 6. The topological polar surface area (TPSA) is 102 Å². The summed E-state index contributed by atoms with van der Waals surface area (Å²) in [5, 5.41) is 3.94. The molecule has 7 nitrogen and oxygen atoms in total. The van der Waals surface area contributed by atoms with Gasteiger partial charge in [-0.3, -0.25) is 14.5 Å². The zero-order valence-electron chi connectivity index (χ0n) is 13.2. The van der Waals surface area contributed by atoms with E-state index in [0.717, 1.165) is 23.7 Å². The molecule has 132 valence electrons. The molecule has 2 aromatic rings. The molecule has 2 N–H and O–H groups in total. The van der Waals surface area contributed by atoms with Gasteiger partial charge in [0.25, 0.3) is 11.8 Å². The van der Waals surface area contributed by atoms with Crippen molar-refractivity contribution in [1.82, 2.24) is 15.0 Å². The van der Waals surface area contributed by atoms with Gasteiger partial charge in [0.15, 0.2) is 5.82 Å². The number of hydrogen-bond donors (Lipinski definition) is 1. The molecule has 1 saturated carbocycles. The Morgan fingerprint density at radius 1 is 1.24 bits per heavy atom. The van der Waals surface area contributed by atoms with Crippen LogP contribution in [0.15, 0.2) is 27.2 Å². The molecule has 2 amide bonds. The minimum absolute atomic E-state index is 0. The standard InChI is InChI=1S/C16H15BrN4O3.ClH/c17-9-2-3-10-11(8-9)14(23)21(13(10)22)7-4-12-19-15(20-24-12)16(18)5-1-6-16;/h2-3,8H,1,4-7,18H2;1H. The maximum atomic E-state index is 12.4. The Kier molecular flexibility index (Phi) is 4.70. The number of nitrogens with zero attached hydrogens (tertiary/aromatic N) is 3. The van der Waals surface area contributed by atoms with Gasteiger partial charge in [-0.15, -0.1) is 12.4 Å². The number of carbonyl (C=O) groups excluding carboxylic acids is 2. The van der Waals surface area contributed by atoms with Crippen molar-refractivity contribution < 1.29 is 14.1 Å². The van der Waals surface area contributed by atoms with Gasteiger partial charge in [0.05, 0.1) is 16.7 Å². The number of imide groups is 1. The number of fused-ring (bicyclic) bond motifs is 1. The highest BCUT2D eigenvalue weighted by Gasteiger charge is 2.39. The summed E-state index contributed by atoms with van der Waals surface area (Å²) in [5.74, 6) is 0.302. The zero-order valence-corrected chi connectivity index (χ0v) is 15.6. The lowest BCUT2D eigenvalue weighted by Crippen LogP contribution is -2.44. The first kappa shape index (κ1) is 18.0. The fraction of sp³-hybridized carbons (Fsp3) is 0.375. The number of carbonyl (C=O) groups is 2. The molecule has 1 aromatic carbocycles. The van der Waals surface area contributed by atoms with E-state index in [4.69, 9.17) is 10.3 Å². The molecule has 1 fully saturated rings. The molecule has 0 saturated heterocycles. The van der Waals surface area contributed by atoms with Crippen LogP contribution >= 0.6 is 28.3 Å². The second-order valence-corrected chi connectivity index (χ2v) is 7.14.